The molecule has 0 spiro atoms. The summed E-state index contributed by atoms with van der Waals surface area (Å²) in [5, 5.41) is 7.27. The molecule has 180 valence electrons. The molecular formula is C27H34N4O2S. The maximum Gasteiger partial charge on any atom is 0.155 e. The van der Waals surface area contributed by atoms with E-state index in [2.05, 4.69) is 34.0 Å². The van der Waals surface area contributed by atoms with Crippen molar-refractivity contribution < 1.29 is 8.42 Å². The minimum Gasteiger partial charge on any atom is -0.304 e. The molecule has 2 saturated heterocycles. The lowest BCUT2D eigenvalue weighted by molar-refractivity contribution is 0.139. The highest BCUT2D eigenvalue weighted by Crippen LogP contribution is 2.41. The lowest BCUT2D eigenvalue weighted by Crippen LogP contribution is -2.45. The molecule has 6 nitrogen and oxygen atoms in total. The molecule has 3 aliphatic rings. The van der Waals surface area contributed by atoms with E-state index < -0.39 is 9.84 Å². The van der Waals surface area contributed by atoms with Gasteiger partial charge in [0.25, 0.3) is 0 Å². The van der Waals surface area contributed by atoms with E-state index in [0.29, 0.717) is 0 Å². The molecule has 0 bridgehead atoms. The lowest BCUT2D eigenvalue weighted by atomic mass is 9.87. The molecule has 0 saturated carbocycles. The SMILES string of the molecule is CN1CCN(CCCN2N=C3/C(=C/c4ccccc4)CS(=O)(=O)CC3C2c2ccccc2)CC1. The summed E-state index contributed by atoms with van der Waals surface area (Å²) in [7, 11) is -1.02. The summed E-state index contributed by atoms with van der Waals surface area (Å²) in [5.41, 5.74) is 3.94. The summed E-state index contributed by atoms with van der Waals surface area (Å²) < 4.78 is 26.0. The Morgan fingerprint density at radius 2 is 1.62 bits per heavy atom. The summed E-state index contributed by atoms with van der Waals surface area (Å²) in [6.45, 7) is 6.32. The number of nitrogens with zero attached hydrogens (tertiary/aromatic N) is 4. The zero-order valence-corrected chi connectivity index (χ0v) is 20.7. The minimum absolute atomic E-state index is 0.0436. The quantitative estimate of drug-likeness (QED) is 0.638. The third kappa shape index (κ3) is 5.27. The maximum atomic E-state index is 13.0. The van der Waals surface area contributed by atoms with E-state index in [9.17, 15) is 8.42 Å². The van der Waals surface area contributed by atoms with Crippen LogP contribution in [0.4, 0.5) is 0 Å². The second-order valence-corrected chi connectivity index (χ2v) is 11.9. The molecule has 2 aromatic carbocycles. The van der Waals surface area contributed by atoms with Crippen molar-refractivity contribution in [3.8, 4) is 0 Å². The Bertz CT molecular complexity index is 1140. The Kier molecular flexibility index (Phi) is 6.86. The highest BCUT2D eigenvalue weighted by molar-refractivity contribution is 7.91. The molecule has 7 heteroatoms. The molecule has 0 N–H and O–H groups in total. The van der Waals surface area contributed by atoms with Crippen LogP contribution in [0.15, 0.2) is 71.3 Å². The highest BCUT2D eigenvalue weighted by Gasteiger charge is 2.45. The molecule has 0 aromatic heterocycles. The summed E-state index contributed by atoms with van der Waals surface area (Å²) >= 11 is 0. The summed E-state index contributed by atoms with van der Waals surface area (Å²) in [6, 6.07) is 20.2. The van der Waals surface area contributed by atoms with Crippen LogP contribution in [-0.2, 0) is 9.84 Å². The smallest absolute Gasteiger partial charge is 0.155 e. The molecule has 0 radical (unpaired) electrons. The van der Waals surface area contributed by atoms with Gasteiger partial charge in [0.05, 0.1) is 23.3 Å². The van der Waals surface area contributed by atoms with E-state index in [4.69, 9.17) is 5.10 Å². The Balaban J connectivity index is 1.41. The Hall–Kier alpha value is -2.48. The van der Waals surface area contributed by atoms with Crippen molar-refractivity contribution in [2.45, 2.75) is 12.5 Å². The van der Waals surface area contributed by atoms with Crippen LogP contribution < -0.4 is 0 Å². The number of likely N-dealkylation sites (N-methyl/N-ethyl adjacent to an activating group) is 1. The molecule has 2 aromatic rings. The van der Waals surface area contributed by atoms with Gasteiger partial charge in [-0.15, -0.1) is 0 Å². The van der Waals surface area contributed by atoms with Crippen molar-refractivity contribution in [3.05, 3.63) is 77.4 Å². The number of sulfone groups is 1. The fourth-order valence-electron chi connectivity index (χ4n) is 5.39. The number of hydrogen-bond donors (Lipinski definition) is 0. The van der Waals surface area contributed by atoms with Crippen molar-refractivity contribution >= 4 is 21.6 Å². The average molecular weight is 479 g/mol. The molecule has 5 rings (SSSR count). The fraction of sp³-hybridized carbons (Fsp3) is 0.444. The van der Waals surface area contributed by atoms with Gasteiger partial charge in [0.15, 0.2) is 9.84 Å². The topological polar surface area (TPSA) is 56.2 Å². The third-order valence-electron chi connectivity index (χ3n) is 7.17. The van der Waals surface area contributed by atoms with Crippen molar-refractivity contribution in [1.29, 1.82) is 0 Å². The second kappa shape index (κ2) is 10.0. The minimum atomic E-state index is -3.20. The largest absolute Gasteiger partial charge is 0.304 e. The molecule has 2 fully saturated rings. The summed E-state index contributed by atoms with van der Waals surface area (Å²) in [4.78, 5) is 4.90. The monoisotopic (exact) mass is 478 g/mol. The predicted molar refractivity (Wildman–Crippen MR) is 138 cm³/mol. The zero-order valence-electron chi connectivity index (χ0n) is 19.9. The van der Waals surface area contributed by atoms with E-state index in [0.717, 1.165) is 68.1 Å². The normalized spacial score (nSPS) is 26.4. The molecule has 3 heterocycles. The van der Waals surface area contributed by atoms with Gasteiger partial charge in [-0.05, 0) is 42.8 Å². The summed E-state index contributed by atoms with van der Waals surface area (Å²) in [5.74, 6) is 0.0835. The van der Waals surface area contributed by atoms with Crippen LogP contribution in [0.2, 0.25) is 0 Å². The Labute approximate surface area is 203 Å². The van der Waals surface area contributed by atoms with Gasteiger partial charge in [-0.3, -0.25) is 5.01 Å². The number of hydrogen-bond acceptors (Lipinski definition) is 6. The van der Waals surface area contributed by atoms with Gasteiger partial charge in [-0.2, -0.15) is 5.10 Å². The Morgan fingerprint density at radius 1 is 0.941 bits per heavy atom. The van der Waals surface area contributed by atoms with E-state index in [1.165, 1.54) is 0 Å². The van der Waals surface area contributed by atoms with Crippen molar-refractivity contribution in [1.82, 2.24) is 14.8 Å². The number of hydrazone groups is 1. The van der Waals surface area contributed by atoms with Crippen LogP contribution in [0.5, 0.6) is 0 Å². The van der Waals surface area contributed by atoms with Gasteiger partial charge in [0, 0.05) is 38.6 Å². The number of rotatable bonds is 6. The van der Waals surface area contributed by atoms with Gasteiger partial charge < -0.3 is 9.80 Å². The maximum absolute atomic E-state index is 13.0. The van der Waals surface area contributed by atoms with Gasteiger partial charge >= 0.3 is 0 Å². The summed E-state index contributed by atoms with van der Waals surface area (Å²) in [6.07, 6.45) is 3.03. The molecule has 34 heavy (non-hydrogen) atoms. The van der Waals surface area contributed by atoms with Crippen LogP contribution in [0, 0.1) is 5.92 Å². The van der Waals surface area contributed by atoms with E-state index in [-0.39, 0.29) is 23.5 Å². The van der Waals surface area contributed by atoms with Gasteiger partial charge in [-0.1, -0.05) is 60.7 Å². The highest BCUT2D eigenvalue weighted by atomic mass is 32.2. The van der Waals surface area contributed by atoms with Crippen molar-refractivity contribution in [2.75, 3.05) is 57.8 Å². The van der Waals surface area contributed by atoms with Crippen LogP contribution in [0.1, 0.15) is 23.6 Å². The molecule has 2 unspecified atom stereocenters. The first kappa shape index (κ1) is 23.3. The molecule has 0 aliphatic carbocycles. The number of benzene rings is 2. The first-order valence-electron chi connectivity index (χ1n) is 12.3. The number of fused-ring (bicyclic) bond motifs is 1. The Morgan fingerprint density at radius 3 is 2.32 bits per heavy atom. The first-order chi connectivity index (χ1) is 16.5. The van der Waals surface area contributed by atoms with Crippen LogP contribution in [0.3, 0.4) is 0 Å². The standard InChI is InChI=1S/C27H34N4O2S/c1-29-15-17-30(18-16-29)13-8-14-31-27(23-11-6-3-7-12-23)25-21-34(32,33)20-24(26(25)28-31)19-22-9-4-2-5-10-22/h2-7,9-12,19,25,27H,8,13-18,20-21H2,1H3/b24-19+. The van der Waals surface area contributed by atoms with E-state index in [1.54, 1.807) is 0 Å². The van der Waals surface area contributed by atoms with E-state index >= 15 is 0 Å². The second-order valence-electron chi connectivity index (χ2n) is 9.74. The van der Waals surface area contributed by atoms with Gasteiger partial charge in [0.2, 0.25) is 0 Å². The number of piperazine rings is 1. The zero-order chi connectivity index (χ0) is 23.5. The predicted octanol–water partition coefficient (Wildman–Crippen LogP) is 3.17. The lowest BCUT2D eigenvalue weighted by Gasteiger charge is -2.33. The molecule has 0 amide bonds. The average Bonchev–Trinajstić information content (AvgIpc) is 3.19. The molecular weight excluding hydrogens is 444 g/mol. The third-order valence-corrected chi connectivity index (χ3v) is 8.78. The van der Waals surface area contributed by atoms with Crippen LogP contribution in [-0.4, -0.2) is 86.8 Å². The molecule has 2 atom stereocenters. The van der Waals surface area contributed by atoms with Crippen LogP contribution >= 0.6 is 0 Å². The van der Waals surface area contributed by atoms with Crippen LogP contribution in [0.25, 0.3) is 6.08 Å². The van der Waals surface area contributed by atoms with Gasteiger partial charge in [0.1, 0.15) is 0 Å². The fourth-order valence-corrected chi connectivity index (χ4v) is 7.10. The molecule has 3 aliphatic heterocycles. The first-order valence-corrected chi connectivity index (χ1v) is 14.1. The van der Waals surface area contributed by atoms with Crippen molar-refractivity contribution in [2.24, 2.45) is 11.0 Å². The van der Waals surface area contributed by atoms with E-state index in [1.807, 2.05) is 54.6 Å². The van der Waals surface area contributed by atoms with Crippen molar-refractivity contribution in [3.63, 3.8) is 0 Å². The van der Waals surface area contributed by atoms with Gasteiger partial charge in [-0.25, -0.2) is 8.42 Å².